The van der Waals surface area contributed by atoms with Gasteiger partial charge in [-0.15, -0.1) is 0 Å². The quantitative estimate of drug-likeness (QED) is 0.432. The molecule has 0 radical (unpaired) electrons. The second-order valence-corrected chi connectivity index (χ2v) is 8.08. The summed E-state index contributed by atoms with van der Waals surface area (Å²) in [5, 5.41) is 8.66. The molecule has 0 saturated carbocycles. The molecule has 7 heteroatoms. The van der Waals surface area contributed by atoms with Crippen molar-refractivity contribution in [1.29, 1.82) is 0 Å². The summed E-state index contributed by atoms with van der Waals surface area (Å²) in [6.07, 6.45) is 2.37. The summed E-state index contributed by atoms with van der Waals surface area (Å²) in [6.45, 7) is 0.915. The Hall–Kier alpha value is -3.19. The van der Waals surface area contributed by atoms with Gasteiger partial charge in [0, 0.05) is 30.3 Å². The molecule has 31 heavy (non-hydrogen) atoms. The van der Waals surface area contributed by atoms with Crippen LogP contribution in [-0.2, 0) is 11.3 Å². The van der Waals surface area contributed by atoms with Gasteiger partial charge in [-0.3, -0.25) is 9.59 Å². The molecule has 1 aromatic heterocycles. The van der Waals surface area contributed by atoms with Crippen LogP contribution in [0.2, 0.25) is 0 Å². The number of ether oxygens (including phenoxy) is 1. The molecule has 0 aliphatic carbocycles. The van der Waals surface area contributed by atoms with Gasteiger partial charge in [0.05, 0.1) is 18.6 Å². The average Bonchev–Trinajstić information content (AvgIpc) is 3.31. The standard InChI is InChI=1S/C24H25NO5S/c1-25(24(28)19-11-9-18(10-12-19)21-8-4-13-29-21)16-20-6-2-3-7-22(20)30-14-5-15-31-17-23(26)27/h2-4,6-13H,5,14-17H2,1H3,(H,26,27). The van der Waals surface area contributed by atoms with Crippen molar-refractivity contribution in [3.05, 3.63) is 78.1 Å². The van der Waals surface area contributed by atoms with Gasteiger partial charge in [-0.1, -0.05) is 30.3 Å². The van der Waals surface area contributed by atoms with Crippen LogP contribution in [0.4, 0.5) is 0 Å². The predicted octanol–water partition coefficient (Wildman–Crippen LogP) is 4.81. The SMILES string of the molecule is CN(Cc1ccccc1OCCCSCC(=O)O)C(=O)c1ccc(-c2ccco2)cc1. The molecule has 162 valence electrons. The highest BCUT2D eigenvalue weighted by atomic mass is 32.2. The third-order valence-electron chi connectivity index (χ3n) is 4.58. The van der Waals surface area contributed by atoms with E-state index in [1.165, 1.54) is 11.8 Å². The Kier molecular flexibility index (Phi) is 8.18. The van der Waals surface area contributed by atoms with Crippen LogP contribution in [0.5, 0.6) is 5.75 Å². The number of carbonyl (C=O) groups is 2. The number of nitrogens with zero attached hydrogens (tertiary/aromatic N) is 1. The molecule has 6 nitrogen and oxygen atoms in total. The fraction of sp³-hybridized carbons (Fsp3) is 0.250. The van der Waals surface area contributed by atoms with Crippen molar-refractivity contribution in [2.45, 2.75) is 13.0 Å². The van der Waals surface area contributed by atoms with E-state index in [-0.39, 0.29) is 11.7 Å². The van der Waals surface area contributed by atoms with Crippen LogP contribution in [0.15, 0.2) is 71.3 Å². The largest absolute Gasteiger partial charge is 0.493 e. The van der Waals surface area contributed by atoms with Crippen LogP contribution in [0, 0.1) is 0 Å². The molecule has 2 aromatic carbocycles. The molecule has 1 heterocycles. The average molecular weight is 440 g/mol. The number of hydrogen-bond donors (Lipinski definition) is 1. The number of aliphatic carboxylic acids is 1. The van der Waals surface area contributed by atoms with E-state index in [1.54, 1.807) is 30.3 Å². The van der Waals surface area contributed by atoms with Crippen molar-refractivity contribution in [3.8, 4) is 17.1 Å². The van der Waals surface area contributed by atoms with Crippen molar-refractivity contribution >= 4 is 23.6 Å². The summed E-state index contributed by atoms with van der Waals surface area (Å²) < 4.78 is 11.3. The second-order valence-electron chi connectivity index (χ2n) is 6.97. The maximum absolute atomic E-state index is 12.9. The van der Waals surface area contributed by atoms with Crippen LogP contribution in [-0.4, -0.2) is 47.0 Å². The van der Waals surface area contributed by atoms with Crippen LogP contribution in [0.25, 0.3) is 11.3 Å². The molecule has 3 rings (SSSR count). The summed E-state index contributed by atoms with van der Waals surface area (Å²) in [5.74, 6) is 1.44. The van der Waals surface area contributed by atoms with Crippen LogP contribution in [0.3, 0.4) is 0 Å². The Morgan fingerprint density at radius 1 is 1.06 bits per heavy atom. The predicted molar refractivity (Wildman–Crippen MR) is 121 cm³/mol. The number of benzene rings is 2. The summed E-state index contributed by atoms with van der Waals surface area (Å²) in [6, 6.07) is 18.7. The molecule has 0 aliphatic rings. The molecule has 0 unspecified atom stereocenters. The monoisotopic (exact) mass is 439 g/mol. The summed E-state index contributed by atoms with van der Waals surface area (Å²) in [5.41, 5.74) is 2.44. The normalized spacial score (nSPS) is 10.6. The number of thioether (sulfide) groups is 1. The Bertz CT molecular complexity index is 985. The number of carboxylic acids is 1. The minimum Gasteiger partial charge on any atom is -0.493 e. The van der Waals surface area contributed by atoms with E-state index in [9.17, 15) is 9.59 Å². The highest BCUT2D eigenvalue weighted by Crippen LogP contribution is 2.23. The van der Waals surface area contributed by atoms with E-state index >= 15 is 0 Å². The molecule has 1 amide bonds. The van der Waals surface area contributed by atoms with Crippen molar-refractivity contribution in [1.82, 2.24) is 4.90 Å². The van der Waals surface area contributed by atoms with Crippen molar-refractivity contribution < 1.29 is 23.8 Å². The molecule has 1 N–H and O–H groups in total. The molecular formula is C24H25NO5S. The number of carbonyl (C=O) groups excluding carboxylic acids is 1. The van der Waals surface area contributed by atoms with Gasteiger partial charge in [0.2, 0.25) is 0 Å². The Morgan fingerprint density at radius 3 is 2.55 bits per heavy atom. The first kappa shape index (κ1) is 22.5. The molecule has 3 aromatic rings. The zero-order valence-electron chi connectivity index (χ0n) is 17.3. The molecular weight excluding hydrogens is 414 g/mol. The van der Waals surface area contributed by atoms with Gasteiger partial charge in [0.15, 0.2) is 0 Å². The molecule has 0 saturated heterocycles. The fourth-order valence-electron chi connectivity index (χ4n) is 3.05. The molecule has 0 fully saturated rings. The Morgan fingerprint density at radius 2 is 1.84 bits per heavy atom. The van der Waals surface area contributed by atoms with Gasteiger partial charge >= 0.3 is 5.97 Å². The molecule has 0 bridgehead atoms. The lowest BCUT2D eigenvalue weighted by Gasteiger charge is -2.19. The minimum atomic E-state index is -0.806. The van der Waals surface area contributed by atoms with E-state index in [0.717, 1.165) is 34.8 Å². The topological polar surface area (TPSA) is 80.0 Å². The number of carboxylic acid groups (broad SMARTS) is 1. The van der Waals surface area contributed by atoms with Crippen molar-refractivity contribution in [2.75, 3.05) is 25.2 Å². The summed E-state index contributed by atoms with van der Waals surface area (Å²) in [7, 11) is 1.77. The van der Waals surface area contributed by atoms with E-state index in [2.05, 4.69) is 0 Å². The third kappa shape index (κ3) is 6.65. The van der Waals surface area contributed by atoms with E-state index in [0.29, 0.717) is 18.7 Å². The first-order valence-electron chi connectivity index (χ1n) is 9.94. The van der Waals surface area contributed by atoms with Gasteiger partial charge < -0.3 is 19.2 Å². The minimum absolute atomic E-state index is 0.0779. The lowest BCUT2D eigenvalue weighted by Crippen LogP contribution is -2.26. The first-order valence-corrected chi connectivity index (χ1v) is 11.1. The number of rotatable bonds is 11. The Labute approximate surface area is 185 Å². The van der Waals surface area contributed by atoms with Crippen molar-refractivity contribution in [3.63, 3.8) is 0 Å². The highest BCUT2D eigenvalue weighted by molar-refractivity contribution is 7.99. The van der Waals surface area contributed by atoms with Gasteiger partial charge in [-0.2, -0.15) is 11.8 Å². The zero-order chi connectivity index (χ0) is 22.1. The van der Waals surface area contributed by atoms with Gasteiger partial charge in [-0.05, 0) is 42.5 Å². The maximum Gasteiger partial charge on any atom is 0.313 e. The molecule has 0 atom stereocenters. The van der Waals surface area contributed by atoms with Crippen molar-refractivity contribution in [2.24, 2.45) is 0 Å². The van der Waals surface area contributed by atoms with Crippen LogP contribution >= 0.6 is 11.8 Å². The number of hydrogen-bond acceptors (Lipinski definition) is 5. The van der Waals surface area contributed by atoms with Gasteiger partial charge in [0.1, 0.15) is 11.5 Å². The smallest absolute Gasteiger partial charge is 0.313 e. The fourth-order valence-corrected chi connectivity index (χ4v) is 3.69. The zero-order valence-corrected chi connectivity index (χ0v) is 18.1. The summed E-state index contributed by atoms with van der Waals surface area (Å²) >= 11 is 1.37. The maximum atomic E-state index is 12.9. The highest BCUT2D eigenvalue weighted by Gasteiger charge is 2.15. The second kappa shape index (κ2) is 11.3. The number of furan rings is 1. The lowest BCUT2D eigenvalue weighted by molar-refractivity contribution is -0.133. The van der Waals surface area contributed by atoms with E-state index < -0.39 is 5.97 Å². The van der Waals surface area contributed by atoms with E-state index in [4.69, 9.17) is 14.3 Å². The van der Waals surface area contributed by atoms with Crippen LogP contribution < -0.4 is 4.74 Å². The summed E-state index contributed by atoms with van der Waals surface area (Å²) in [4.78, 5) is 25.1. The lowest BCUT2D eigenvalue weighted by atomic mass is 10.1. The number of amides is 1. The van der Waals surface area contributed by atoms with Gasteiger partial charge in [0.25, 0.3) is 5.91 Å². The molecule has 0 aliphatic heterocycles. The van der Waals surface area contributed by atoms with E-state index in [1.807, 2.05) is 48.5 Å². The Balaban J connectivity index is 1.55. The van der Waals surface area contributed by atoms with Gasteiger partial charge in [-0.25, -0.2) is 0 Å². The molecule has 0 spiro atoms. The first-order chi connectivity index (χ1) is 15.0. The third-order valence-corrected chi connectivity index (χ3v) is 5.61. The number of para-hydroxylation sites is 1. The van der Waals surface area contributed by atoms with Crippen LogP contribution in [0.1, 0.15) is 22.3 Å².